The Morgan fingerprint density at radius 2 is 2.00 bits per heavy atom. The fourth-order valence-corrected chi connectivity index (χ4v) is 3.24. The predicted octanol–water partition coefficient (Wildman–Crippen LogP) is 1.98. The first-order valence-corrected chi connectivity index (χ1v) is 7.29. The smallest absolute Gasteiger partial charge is 0.261 e. The molecule has 2 unspecified atom stereocenters. The number of fused-ring (bicyclic) bond motifs is 1. The Bertz CT molecular complexity index is 562. The highest BCUT2D eigenvalue weighted by atomic mass is 16.2. The molecule has 4 nitrogen and oxygen atoms in total. The van der Waals surface area contributed by atoms with Crippen LogP contribution in [0.25, 0.3) is 0 Å². The van der Waals surface area contributed by atoms with Crippen molar-refractivity contribution in [3.63, 3.8) is 0 Å². The van der Waals surface area contributed by atoms with Crippen LogP contribution in [0, 0.1) is 12.8 Å². The molecule has 1 aromatic carbocycles. The van der Waals surface area contributed by atoms with Gasteiger partial charge in [0.1, 0.15) is 0 Å². The van der Waals surface area contributed by atoms with Crippen LogP contribution < -0.4 is 5.32 Å². The van der Waals surface area contributed by atoms with Crippen LogP contribution in [0.15, 0.2) is 18.2 Å². The highest BCUT2D eigenvalue weighted by molar-refractivity contribution is 6.21. The molecular weight excluding hydrogens is 252 g/mol. The number of nitrogens with zero attached hydrogens (tertiary/aromatic N) is 1. The van der Waals surface area contributed by atoms with Crippen molar-refractivity contribution in [2.24, 2.45) is 5.92 Å². The Balaban J connectivity index is 1.89. The Labute approximate surface area is 119 Å². The van der Waals surface area contributed by atoms with Gasteiger partial charge in [-0.15, -0.1) is 0 Å². The second-order valence-electron chi connectivity index (χ2n) is 5.88. The number of carbonyl (C=O) groups is 2. The van der Waals surface area contributed by atoms with E-state index in [0.29, 0.717) is 17.0 Å². The lowest BCUT2D eigenvalue weighted by Gasteiger charge is -2.33. The van der Waals surface area contributed by atoms with Crippen LogP contribution in [0.5, 0.6) is 0 Å². The number of carbonyl (C=O) groups excluding carboxylic acids is 2. The van der Waals surface area contributed by atoms with Gasteiger partial charge in [0.25, 0.3) is 11.8 Å². The van der Waals surface area contributed by atoms with Gasteiger partial charge in [-0.3, -0.25) is 14.5 Å². The molecule has 2 aliphatic rings. The summed E-state index contributed by atoms with van der Waals surface area (Å²) in [5.74, 6) is 0.0851. The molecule has 0 spiro atoms. The monoisotopic (exact) mass is 272 g/mol. The predicted molar refractivity (Wildman–Crippen MR) is 76.7 cm³/mol. The molecule has 0 aromatic heterocycles. The molecule has 0 aliphatic carbocycles. The van der Waals surface area contributed by atoms with E-state index in [1.54, 1.807) is 6.07 Å². The molecule has 0 bridgehead atoms. The number of hydrogen-bond acceptors (Lipinski definition) is 3. The second kappa shape index (κ2) is 5.02. The van der Waals surface area contributed by atoms with Gasteiger partial charge in [-0.2, -0.15) is 0 Å². The maximum atomic E-state index is 12.5. The second-order valence-corrected chi connectivity index (χ2v) is 5.88. The van der Waals surface area contributed by atoms with Gasteiger partial charge in [0.05, 0.1) is 11.1 Å². The van der Waals surface area contributed by atoms with Crippen molar-refractivity contribution in [2.45, 2.75) is 32.7 Å². The Kier molecular flexibility index (Phi) is 3.34. The van der Waals surface area contributed by atoms with Crippen LogP contribution in [0.3, 0.4) is 0 Å². The normalized spacial score (nSPS) is 23.9. The summed E-state index contributed by atoms with van der Waals surface area (Å²) < 4.78 is 0. The van der Waals surface area contributed by atoms with E-state index in [2.05, 4.69) is 5.32 Å². The standard InChI is InChI=1S/C16H20N2O2/c1-10-5-6-13-14(8-10)16(20)18(15(13)19)11(2)12-4-3-7-17-9-12/h5-6,8,11-12,17H,3-4,7,9H2,1-2H3. The van der Waals surface area contributed by atoms with Gasteiger partial charge in [0.2, 0.25) is 0 Å². The van der Waals surface area contributed by atoms with Gasteiger partial charge < -0.3 is 5.32 Å². The number of hydrogen-bond donors (Lipinski definition) is 1. The first-order valence-electron chi connectivity index (χ1n) is 7.29. The Hall–Kier alpha value is -1.68. The van der Waals surface area contributed by atoms with Crippen LogP contribution >= 0.6 is 0 Å². The van der Waals surface area contributed by atoms with Gasteiger partial charge in [-0.05, 0) is 57.8 Å². The molecule has 2 amide bonds. The first kappa shape index (κ1) is 13.3. The molecule has 0 radical (unpaired) electrons. The molecule has 2 aliphatic heterocycles. The average Bonchev–Trinajstić information content (AvgIpc) is 2.71. The third-order valence-corrected chi connectivity index (χ3v) is 4.50. The van der Waals surface area contributed by atoms with Crippen molar-refractivity contribution in [3.05, 3.63) is 34.9 Å². The van der Waals surface area contributed by atoms with Crippen LogP contribution in [0.1, 0.15) is 46.0 Å². The number of aryl methyl sites for hydroxylation is 1. The topological polar surface area (TPSA) is 49.4 Å². The van der Waals surface area contributed by atoms with Gasteiger partial charge in [0, 0.05) is 6.04 Å². The molecule has 106 valence electrons. The van der Waals surface area contributed by atoms with E-state index in [1.165, 1.54) is 4.90 Å². The summed E-state index contributed by atoms with van der Waals surface area (Å²) in [6.45, 7) is 5.85. The molecule has 3 rings (SSSR count). The number of nitrogens with one attached hydrogen (secondary N) is 1. The fraction of sp³-hybridized carbons (Fsp3) is 0.500. The number of benzene rings is 1. The van der Waals surface area contributed by atoms with Crippen molar-refractivity contribution < 1.29 is 9.59 Å². The highest BCUT2D eigenvalue weighted by Gasteiger charge is 2.40. The summed E-state index contributed by atoms with van der Waals surface area (Å²) in [5.41, 5.74) is 2.13. The Morgan fingerprint density at radius 1 is 1.25 bits per heavy atom. The molecule has 1 fully saturated rings. The minimum Gasteiger partial charge on any atom is -0.316 e. The van der Waals surface area contributed by atoms with Gasteiger partial charge in [0.15, 0.2) is 0 Å². The first-order chi connectivity index (χ1) is 9.59. The van der Waals surface area contributed by atoms with E-state index >= 15 is 0 Å². The van der Waals surface area contributed by atoms with E-state index in [-0.39, 0.29) is 17.9 Å². The molecule has 0 saturated carbocycles. The lowest BCUT2D eigenvalue weighted by molar-refractivity contribution is 0.0529. The van der Waals surface area contributed by atoms with Crippen molar-refractivity contribution in [2.75, 3.05) is 13.1 Å². The van der Waals surface area contributed by atoms with E-state index in [1.807, 2.05) is 26.0 Å². The average molecular weight is 272 g/mol. The van der Waals surface area contributed by atoms with Crippen LogP contribution in [-0.2, 0) is 0 Å². The van der Waals surface area contributed by atoms with Crippen molar-refractivity contribution in [1.82, 2.24) is 10.2 Å². The molecule has 2 atom stereocenters. The van der Waals surface area contributed by atoms with Crippen molar-refractivity contribution in [3.8, 4) is 0 Å². The van der Waals surface area contributed by atoms with E-state index < -0.39 is 0 Å². The lowest BCUT2D eigenvalue weighted by atomic mass is 9.92. The van der Waals surface area contributed by atoms with Crippen LogP contribution in [0.2, 0.25) is 0 Å². The zero-order valence-corrected chi connectivity index (χ0v) is 12.0. The minimum atomic E-state index is -0.136. The highest BCUT2D eigenvalue weighted by Crippen LogP contribution is 2.29. The van der Waals surface area contributed by atoms with Gasteiger partial charge in [-0.1, -0.05) is 11.6 Å². The number of rotatable bonds is 2. The number of imide groups is 1. The molecular formula is C16H20N2O2. The summed E-state index contributed by atoms with van der Waals surface area (Å²) >= 11 is 0. The van der Waals surface area contributed by atoms with Crippen LogP contribution in [0.4, 0.5) is 0 Å². The zero-order valence-electron chi connectivity index (χ0n) is 12.0. The summed E-state index contributed by atoms with van der Waals surface area (Å²) in [7, 11) is 0. The molecule has 1 N–H and O–H groups in total. The summed E-state index contributed by atoms with van der Waals surface area (Å²) in [6.07, 6.45) is 2.18. The zero-order chi connectivity index (χ0) is 14.3. The van der Waals surface area contributed by atoms with E-state index in [9.17, 15) is 9.59 Å². The Morgan fingerprint density at radius 3 is 2.70 bits per heavy atom. The summed E-state index contributed by atoms with van der Waals surface area (Å²) in [4.78, 5) is 26.5. The van der Waals surface area contributed by atoms with E-state index in [0.717, 1.165) is 31.5 Å². The summed E-state index contributed by atoms with van der Waals surface area (Å²) in [6, 6.07) is 5.44. The van der Waals surface area contributed by atoms with Gasteiger partial charge >= 0.3 is 0 Å². The van der Waals surface area contributed by atoms with Crippen molar-refractivity contribution >= 4 is 11.8 Å². The summed E-state index contributed by atoms with van der Waals surface area (Å²) in [5, 5.41) is 3.35. The molecule has 20 heavy (non-hydrogen) atoms. The van der Waals surface area contributed by atoms with E-state index in [4.69, 9.17) is 0 Å². The molecule has 4 heteroatoms. The number of piperidine rings is 1. The fourth-order valence-electron chi connectivity index (χ4n) is 3.24. The molecule has 2 heterocycles. The quantitative estimate of drug-likeness (QED) is 0.838. The molecule has 1 saturated heterocycles. The third-order valence-electron chi connectivity index (χ3n) is 4.50. The van der Waals surface area contributed by atoms with Gasteiger partial charge in [-0.25, -0.2) is 0 Å². The lowest BCUT2D eigenvalue weighted by Crippen LogP contribution is -2.47. The third kappa shape index (κ3) is 2.04. The SMILES string of the molecule is Cc1ccc2c(c1)C(=O)N(C(C)C1CCCNC1)C2=O. The van der Waals surface area contributed by atoms with Crippen LogP contribution in [-0.4, -0.2) is 35.8 Å². The minimum absolute atomic E-state index is 0.0458. The largest absolute Gasteiger partial charge is 0.316 e. The van der Waals surface area contributed by atoms with Crippen molar-refractivity contribution in [1.29, 1.82) is 0 Å². The number of amides is 2. The molecule has 1 aromatic rings. The maximum absolute atomic E-state index is 12.5. The maximum Gasteiger partial charge on any atom is 0.261 e.